The highest BCUT2D eigenvalue weighted by atomic mass is 32.2. The Labute approximate surface area is 323 Å². The fraction of sp³-hybridized carbons (Fsp3) is 0.622. The number of hydrogen-bond donors (Lipinski definition) is 4. The highest BCUT2D eigenvalue weighted by molar-refractivity contribution is 7.92. The lowest BCUT2D eigenvalue weighted by Gasteiger charge is -2.19. The van der Waals surface area contributed by atoms with Crippen molar-refractivity contribution in [3.05, 3.63) is 47.8 Å². The van der Waals surface area contributed by atoms with Crippen LogP contribution in [0.15, 0.2) is 41.6 Å². The van der Waals surface area contributed by atoms with Crippen LogP contribution in [-0.2, 0) is 54.5 Å². The first-order valence-corrected chi connectivity index (χ1v) is 20.0. The first-order valence-electron chi connectivity index (χ1n) is 18.5. The number of carbonyl (C=O) groups is 4. The molecule has 0 saturated carbocycles. The van der Waals surface area contributed by atoms with E-state index in [1.165, 1.54) is 12.4 Å². The van der Waals surface area contributed by atoms with Crippen LogP contribution in [0.1, 0.15) is 88.1 Å². The van der Waals surface area contributed by atoms with Gasteiger partial charge in [0.25, 0.3) is 15.9 Å². The van der Waals surface area contributed by atoms with Crippen LogP contribution in [0.25, 0.3) is 0 Å². The molecule has 0 saturated heterocycles. The van der Waals surface area contributed by atoms with Gasteiger partial charge < -0.3 is 39.4 Å². The zero-order valence-electron chi connectivity index (χ0n) is 32.1. The second-order valence-corrected chi connectivity index (χ2v) is 15.1. The molecule has 0 aliphatic heterocycles. The first-order chi connectivity index (χ1) is 26.2. The van der Waals surface area contributed by atoms with Crippen molar-refractivity contribution in [2.75, 3.05) is 70.7 Å². The highest BCUT2D eigenvalue weighted by Gasteiger charge is 2.17. The van der Waals surface area contributed by atoms with Crippen LogP contribution < -0.4 is 15.4 Å². The van der Waals surface area contributed by atoms with E-state index in [4.69, 9.17) is 28.8 Å². The van der Waals surface area contributed by atoms with Gasteiger partial charge in [0, 0.05) is 31.9 Å². The number of aryl methyl sites for hydroxylation is 1. The van der Waals surface area contributed by atoms with Crippen LogP contribution in [0.3, 0.4) is 0 Å². The molecule has 4 N–H and O–H groups in total. The monoisotopic (exact) mass is 795 g/mol. The van der Waals surface area contributed by atoms with E-state index in [2.05, 4.69) is 25.3 Å². The van der Waals surface area contributed by atoms with Gasteiger partial charge in [-0.3, -0.25) is 14.4 Å². The molecule has 0 unspecified atom stereocenters. The van der Waals surface area contributed by atoms with E-state index in [0.717, 1.165) is 56.9 Å². The van der Waals surface area contributed by atoms with Crippen molar-refractivity contribution >= 4 is 39.7 Å². The van der Waals surface area contributed by atoms with Gasteiger partial charge in [-0.05, 0) is 57.7 Å². The van der Waals surface area contributed by atoms with Crippen molar-refractivity contribution in [3.63, 3.8) is 0 Å². The number of nitrogens with zero attached hydrogens (tertiary/aromatic N) is 2. The van der Waals surface area contributed by atoms with Crippen molar-refractivity contribution in [3.8, 4) is 0 Å². The number of sulfonamides is 1. The van der Waals surface area contributed by atoms with Crippen LogP contribution in [-0.4, -0.2) is 119 Å². The number of benzene rings is 1. The lowest BCUT2D eigenvalue weighted by Crippen LogP contribution is -2.31. The van der Waals surface area contributed by atoms with Crippen molar-refractivity contribution in [2.24, 2.45) is 0 Å². The quantitative estimate of drug-likeness (QED) is 0.0657. The Hall–Kier alpha value is -4.23. The van der Waals surface area contributed by atoms with Gasteiger partial charge in [0.15, 0.2) is 0 Å². The van der Waals surface area contributed by atoms with Gasteiger partial charge in [-0.1, -0.05) is 44.2 Å². The van der Waals surface area contributed by atoms with E-state index in [-0.39, 0.29) is 94.2 Å². The molecule has 0 bridgehead atoms. The molecule has 2 amide bonds. The SMILES string of the molecule is CC(C)(C)OC(=O)CCCCCCCCCc1ccc(S(=O)(=O)Nc2ncc(C(=O)NCCOCCOCC(=O)NCCOCCOCC(=O)O)cn2)cc1. The van der Waals surface area contributed by atoms with E-state index >= 15 is 0 Å². The summed E-state index contributed by atoms with van der Waals surface area (Å²) in [5.74, 6) is -2.16. The fourth-order valence-electron chi connectivity index (χ4n) is 4.80. The Balaban J connectivity index is 1.53. The maximum absolute atomic E-state index is 12.9. The van der Waals surface area contributed by atoms with Gasteiger partial charge in [0.2, 0.25) is 11.9 Å². The first kappa shape index (κ1) is 46.9. The van der Waals surface area contributed by atoms with Gasteiger partial charge in [0.1, 0.15) is 18.8 Å². The second-order valence-electron chi connectivity index (χ2n) is 13.4. The van der Waals surface area contributed by atoms with Crippen LogP contribution in [0.4, 0.5) is 5.95 Å². The summed E-state index contributed by atoms with van der Waals surface area (Å²) >= 11 is 0. The van der Waals surface area contributed by atoms with Gasteiger partial charge in [0.05, 0.1) is 50.1 Å². The maximum atomic E-state index is 12.9. The Morgan fingerprint density at radius 1 is 0.709 bits per heavy atom. The number of amides is 2. The molecular weight excluding hydrogens is 738 g/mol. The number of carbonyl (C=O) groups excluding carboxylic acids is 3. The minimum absolute atomic E-state index is 0.0720. The van der Waals surface area contributed by atoms with Gasteiger partial charge >= 0.3 is 11.9 Å². The molecule has 17 nitrogen and oxygen atoms in total. The standard InChI is InChI=1S/C37H57N5O12S/c1-37(2,3)54-34(46)12-10-8-6-4-5-7-9-11-29-13-15-31(16-14-29)55(48,49)42-36-40-25-30(26-41-36)35(47)39-18-20-51-21-23-52-27-32(43)38-17-19-50-22-24-53-28-33(44)45/h13-16,25-26H,4-12,17-24,27-28H2,1-3H3,(H,38,43)(H,39,47)(H,44,45)(H,40,41,42). The molecule has 2 aromatic rings. The normalized spacial score (nSPS) is 11.5. The Kier molecular flexibility index (Phi) is 22.7. The summed E-state index contributed by atoms with van der Waals surface area (Å²) < 4.78 is 54.1. The molecule has 0 atom stereocenters. The summed E-state index contributed by atoms with van der Waals surface area (Å²) in [5, 5.41) is 13.7. The van der Waals surface area contributed by atoms with Crippen molar-refractivity contribution in [1.82, 2.24) is 20.6 Å². The molecule has 0 fully saturated rings. The maximum Gasteiger partial charge on any atom is 0.329 e. The molecule has 0 aliphatic carbocycles. The number of nitrogens with one attached hydrogen (secondary N) is 3. The molecule has 1 aromatic carbocycles. The zero-order valence-corrected chi connectivity index (χ0v) is 33.0. The third-order valence-corrected chi connectivity index (χ3v) is 8.79. The molecular formula is C37H57N5O12S. The average molecular weight is 796 g/mol. The summed E-state index contributed by atoms with van der Waals surface area (Å²) in [4.78, 5) is 54.3. The Morgan fingerprint density at radius 3 is 1.85 bits per heavy atom. The Morgan fingerprint density at radius 2 is 1.25 bits per heavy atom. The summed E-state index contributed by atoms with van der Waals surface area (Å²) in [6.45, 7) is 6.66. The number of aromatic nitrogens is 2. The fourth-order valence-corrected chi connectivity index (χ4v) is 5.76. The van der Waals surface area contributed by atoms with Crippen LogP contribution in [0.5, 0.6) is 0 Å². The molecule has 0 spiro atoms. The smallest absolute Gasteiger partial charge is 0.329 e. The average Bonchev–Trinajstić information content (AvgIpc) is 3.12. The number of anilines is 1. The topological polar surface area (TPSA) is 231 Å². The summed E-state index contributed by atoms with van der Waals surface area (Å²) in [5.41, 5.74) is 0.740. The summed E-state index contributed by atoms with van der Waals surface area (Å²) in [6.07, 6.45) is 11.0. The minimum Gasteiger partial charge on any atom is -0.480 e. The third-order valence-electron chi connectivity index (χ3n) is 7.44. The number of ether oxygens (including phenoxy) is 5. The second kappa shape index (κ2) is 26.6. The van der Waals surface area contributed by atoms with Crippen molar-refractivity contribution in [2.45, 2.75) is 89.1 Å². The number of carboxylic acids is 1. The number of carboxylic acid groups (broad SMARTS) is 1. The van der Waals surface area contributed by atoms with Gasteiger partial charge in [-0.15, -0.1) is 0 Å². The predicted molar refractivity (Wildman–Crippen MR) is 202 cm³/mol. The van der Waals surface area contributed by atoms with Crippen LogP contribution >= 0.6 is 0 Å². The van der Waals surface area contributed by atoms with E-state index in [9.17, 15) is 27.6 Å². The summed E-state index contributed by atoms with van der Waals surface area (Å²) in [7, 11) is -3.94. The molecule has 1 aromatic heterocycles. The molecule has 308 valence electrons. The van der Waals surface area contributed by atoms with Crippen LogP contribution in [0, 0.1) is 0 Å². The zero-order chi connectivity index (χ0) is 40.4. The lowest BCUT2D eigenvalue weighted by molar-refractivity contribution is -0.155. The minimum atomic E-state index is -3.94. The number of aliphatic carboxylic acids is 1. The van der Waals surface area contributed by atoms with Crippen molar-refractivity contribution < 1.29 is 56.4 Å². The summed E-state index contributed by atoms with van der Waals surface area (Å²) in [6, 6.07) is 6.68. The van der Waals surface area contributed by atoms with Gasteiger partial charge in [-0.2, -0.15) is 0 Å². The number of esters is 1. The number of hydrogen-bond acceptors (Lipinski definition) is 13. The molecule has 18 heteroatoms. The highest BCUT2D eigenvalue weighted by Crippen LogP contribution is 2.17. The number of rotatable bonds is 30. The molecule has 1 heterocycles. The molecule has 55 heavy (non-hydrogen) atoms. The van der Waals surface area contributed by atoms with E-state index in [0.29, 0.717) is 6.42 Å². The van der Waals surface area contributed by atoms with Crippen LogP contribution in [0.2, 0.25) is 0 Å². The molecule has 2 rings (SSSR count). The lowest BCUT2D eigenvalue weighted by atomic mass is 10.0. The number of unbranched alkanes of at least 4 members (excludes halogenated alkanes) is 6. The Bertz CT molecular complexity index is 1540. The molecule has 0 aliphatic rings. The predicted octanol–water partition coefficient (Wildman–Crippen LogP) is 3.28. The van der Waals surface area contributed by atoms with E-state index < -0.39 is 27.5 Å². The van der Waals surface area contributed by atoms with Gasteiger partial charge in [-0.25, -0.2) is 27.9 Å². The third kappa shape index (κ3) is 23.3. The van der Waals surface area contributed by atoms with E-state index in [1.54, 1.807) is 24.3 Å². The van der Waals surface area contributed by atoms with E-state index in [1.807, 2.05) is 20.8 Å². The van der Waals surface area contributed by atoms with Crippen molar-refractivity contribution in [1.29, 1.82) is 0 Å². The largest absolute Gasteiger partial charge is 0.480 e. The molecule has 0 radical (unpaired) electrons.